The summed E-state index contributed by atoms with van der Waals surface area (Å²) < 4.78 is 12.6. The molecule has 3 rings (SSSR count). The van der Waals surface area contributed by atoms with E-state index in [9.17, 15) is 0 Å². The molecule has 2 fully saturated rings. The molecule has 2 saturated heterocycles. The van der Waals surface area contributed by atoms with Crippen LogP contribution in [0.4, 0.5) is 0 Å². The van der Waals surface area contributed by atoms with Crippen LogP contribution in [0.1, 0.15) is 26.2 Å². The van der Waals surface area contributed by atoms with Crippen molar-refractivity contribution in [2.45, 2.75) is 44.4 Å². The second-order valence-corrected chi connectivity index (χ2v) is 6.84. The molecule has 6 heteroatoms. The van der Waals surface area contributed by atoms with Gasteiger partial charge in [0.05, 0.1) is 24.8 Å². The van der Waals surface area contributed by atoms with Gasteiger partial charge in [0.15, 0.2) is 5.96 Å². The minimum atomic E-state index is 0.350. The molecule has 2 aliphatic heterocycles. The first-order valence-electron chi connectivity index (χ1n) is 8.33. The van der Waals surface area contributed by atoms with Crippen LogP contribution in [-0.4, -0.2) is 43.9 Å². The molecule has 0 aromatic heterocycles. The maximum Gasteiger partial charge on any atom is 0.191 e. The maximum atomic E-state index is 5.88. The molecular formula is C17H24BrN3O2. The number of aliphatic imine (C=N–C) groups is 1. The number of guanidine groups is 1. The third-order valence-electron chi connectivity index (χ3n) is 4.22. The number of fused-ring (bicyclic) bond motifs is 2. The molecule has 2 bridgehead atoms. The van der Waals surface area contributed by atoms with Crippen molar-refractivity contribution < 1.29 is 9.47 Å². The molecule has 1 aromatic rings. The summed E-state index contributed by atoms with van der Waals surface area (Å²) >= 11 is 3.41. The maximum absolute atomic E-state index is 5.88. The summed E-state index contributed by atoms with van der Waals surface area (Å²) in [6.07, 6.45) is 4.25. The Morgan fingerprint density at radius 1 is 1.35 bits per heavy atom. The molecule has 3 unspecified atom stereocenters. The summed E-state index contributed by atoms with van der Waals surface area (Å²) in [5.74, 6) is 1.72. The fourth-order valence-electron chi connectivity index (χ4n) is 3.14. The molecular weight excluding hydrogens is 358 g/mol. The Morgan fingerprint density at radius 2 is 2.17 bits per heavy atom. The van der Waals surface area contributed by atoms with E-state index >= 15 is 0 Å². The molecule has 1 aromatic carbocycles. The average Bonchev–Trinajstić information content (AvgIpc) is 3.16. The quantitative estimate of drug-likeness (QED) is 0.451. The molecule has 2 heterocycles. The Bertz CT molecular complexity index is 535. The summed E-state index contributed by atoms with van der Waals surface area (Å²) in [6.45, 7) is 4.10. The van der Waals surface area contributed by atoms with Crippen molar-refractivity contribution in [3.63, 3.8) is 0 Å². The van der Waals surface area contributed by atoms with E-state index in [0.717, 1.165) is 35.6 Å². The van der Waals surface area contributed by atoms with Gasteiger partial charge in [-0.1, -0.05) is 15.9 Å². The summed E-state index contributed by atoms with van der Waals surface area (Å²) in [7, 11) is 0. The summed E-state index contributed by atoms with van der Waals surface area (Å²) in [4.78, 5) is 4.60. The first kappa shape index (κ1) is 16.6. The van der Waals surface area contributed by atoms with Crippen molar-refractivity contribution in [1.29, 1.82) is 0 Å². The van der Waals surface area contributed by atoms with E-state index in [1.54, 1.807) is 0 Å². The van der Waals surface area contributed by atoms with Crippen molar-refractivity contribution in [2.75, 3.05) is 19.7 Å². The largest absolute Gasteiger partial charge is 0.492 e. The topological polar surface area (TPSA) is 54.9 Å². The van der Waals surface area contributed by atoms with Gasteiger partial charge in [0.25, 0.3) is 0 Å². The third-order valence-corrected chi connectivity index (χ3v) is 4.74. The molecule has 126 valence electrons. The van der Waals surface area contributed by atoms with Crippen LogP contribution < -0.4 is 15.4 Å². The second-order valence-electron chi connectivity index (χ2n) is 5.92. The number of hydrogen-bond donors (Lipinski definition) is 2. The van der Waals surface area contributed by atoms with Gasteiger partial charge in [0.1, 0.15) is 12.4 Å². The smallest absolute Gasteiger partial charge is 0.191 e. The van der Waals surface area contributed by atoms with E-state index in [4.69, 9.17) is 9.47 Å². The molecule has 2 N–H and O–H groups in total. The van der Waals surface area contributed by atoms with Crippen LogP contribution in [0, 0.1) is 0 Å². The van der Waals surface area contributed by atoms with Crippen LogP contribution >= 0.6 is 15.9 Å². The van der Waals surface area contributed by atoms with Gasteiger partial charge in [-0.15, -0.1) is 0 Å². The minimum Gasteiger partial charge on any atom is -0.492 e. The highest BCUT2D eigenvalue weighted by molar-refractivity contribution is 9.10. The fraction of sp³-hybridized carbons (Fsp3) is 0.588. The van der Waals surface area contributed by atoms with Crippen LogP contribution in [0.5, 0.6) is 5.75 Å². The number of halogens is 1. The Morgan fingerprint density at radius 3 is 2.83 bits per heavy atom. The van der Waals surface area contributed by atoms with Crippen molar-refractivity contribution in [3.8, 4) is 5.75 Å². The van der Waals surface area contributed by atoms with Gasteiger partial charge in [-0.05, 0) is 50.5 Å². The summed E-state index contributed by atoms with van der Waals surface area (Å²) in [6, 6.07) is 8.23. The first-order chi connectivity index (χ1) is 11.2. The lowest BCUT2D eigenvalue weighted by Crippen LogP contribution is -2.47. The average molecular weight is 382 g/mol. The zero-order chi connectivity index (χ0) is 16.1. The Hall–Kier alpha value is -1.27. The van der Waals surface area contributed by atoms with Gasteiger partial charge in [-0.3, -0.25) is 0 Å². The number of benzene rings is 1. The third kappa shape index (κ3) is 4.61. The highest BCUT2D eigenvalue weighted by Crippen LogP contribution is 2.34. The van der Waals surface area contributed by atoms with E-state index in [-0.39, 0.29) is 0 Å². The predicted octanol–water partition coefficient (Wildman–Crippen LogP) is 2.70. The fourth-order valence-corrected chi connectivity index (χ4v) is 3.40. The van der Waals surface area contributed by atoms with Crippen molar-refractivity contribution >= 4 is 21.9 Å². The van der Waals surface area contributed by atoms with Crippen LogP contribution in [0.3, 0.4) is 0 Å². The Labute approximate surface area is 146 Å². The molecule has 0 spiro atoms. The Kier molecular flexibility index (Phi) is 5.78. The highest BCUT2D eigenvalue weighted by atomic mass is 79.9. The lowest BCUT2D eigenvalue weighted by molar-refractivity contribution is 0.0992. The van der Waals surface area contributed by atoms with Crippen molar-refractivity contribution in [3.05, 3.63) is 28.7 Å². The molecule has 0 amide bonds. The second kappa shape index (κ2) is 8.02. The minimum absolute atomic E-state index is 0.350. The van der Waals surface area contributed by atoms with Crippen molar-refractivity contribution in [2.24, 2.45) is 4.99 Å². The van der Waals surface area contributed by atoms with E-state index in [1.807, 2.05) is 24.3 Å². The van der Waals surface area contributed by atoms with E-state index in [1.165, 1.54) is 6.42 Å². The van der Waals surface area contributed by atoms with Crippen LogP contribution in [0.25, 0.3) is 0 Å². The van der Waals surface area contributed by atoms with Gasteiger partial charge < -0.3 is 20.1 Å². The lowest BCUT2D eigenvalue weighted by Gasteiger charge is -2.22. The van der Waals surface area contributed by atoms with E-state index in [0.29, 0.717) is 31.4 Å². The van der Waals surface area contributed by atoms with Gasteiger partial charge in [0, 0.05) is 11.0 Å². The Balaban J connectivity index is 1.45. The predicted molar refractivity (Wildman–Crippen MR) is 95.1 cm³/mol. The number of hydrogen-bond acceptors (Lipinski definition) is 3. The summed E-state index contributed by atoms with van der Waals surface area (Å²) in [5.41, 5.74) is 0. The van der Waals surface area contributed by atoms with Crippen molar-refractivity contribution in [1.82, 2.24) is 10.6 Å². The van der Waals surface area contributed by atoms with Gasteiger partial charge >= 0.3 is 0 Å². The number of nitrogens with one attached hydrogen (secondary N) is 2. The SMILES string of the molecule is CCNC(=NCCOc1ccc(Br)cc1)NC1CC2CCC1O2. The van der Waals surface area contributed by atoms with Gasteiger partial charge in [-0.25, -0.2) is 4.99 Å². The molecule has 0 radical (unpaired) electrons. The van der Waals surface area contributed by atoms with E-state index in [2.05, 4.69) is 38.5 Å². The van der Waals surface area contributed by atoms with Crippen LogP contribution in [0.2, 0.25) is 0 Å². The zero-order valence-corrected chi connectivity index (χ0v) is 15.0. The molecule has 2 aliphatic rings. The van der Waals surface area contributed by atoms with Gasteiger partial charge in [-0.2, -0.15) is 0 Å². The first-order valence-corrected chi connectivity index (χ1v) is 9.12. The monoisotopic (exact) mass is 381 g/mol. The molecule has 0 saturated carbocycles. The number of rotatable bonds is 6. The van der Waals surface area contributed by atoms with Crippen LogP contribution in [-0.2, 0) is 4.74 Å². The zero-order valence-electron chi connectivity index (χ0n) is 13.4. The molecule has 3 atom stereocenters. The lowest BCUT2D eigenvalue weighted by atomic mass is 9.96. The van der Waals surface area contributed by atoms with E-state index < -0.39 is 0 Å². The molecule has 23 heavy (non-hydrogen) atoms. The molecule has 5 nitrogen and oxygen atoms in total. The highest BCUT2D eigenvalue weighted by Gasteiger charge is 2.41. The standard InChI is InChI=1S/C17H24BrN3O2/c1-2-19-17(21-15-11-14-7-8-16(15)23-14)20-9-10-22-13-5-3-12(18)4-6-13/h3-6,14-16H,2,7-11H2,1H3,(H2,19,20,21). The summed E-state index contributed by atoms with van der Waals surface area (Å²) in [5, 5.41) is 6.80. The molecule has 0 aliphatic carbocycles. The van der Waals surface area contributed by atoms with Crippen LogP contribution in [0.15, 0.2) is 33.7 Å². The normalized spacial score (nSPS) is 26.3. The number of ether oxygens (including phenoxy) is 2. The number of nitrogens with zero attached hydrogens (tertiary/aromatic N) is 1. The van der Waals surface area contributed by atoms with Gasteiger partial charge in [0.2, 0.25) is 0 Å².